The molecule has 1 heterocycles. The van der Waals surface area contributed by atoms with E-state index in [1.165, 1.54) is 25.3 Å². The first-order valence-electron chi connectivity index (χ1n) is 8.80. The van der Waals surface area contributed by atoms with E-state index in [9.17, 15) is 13.2 Å². The molecule has 3 aromatic rings. The Morgan fingerprint density at radius 3 is 2.57 bits per heavy atom. The van der Waals surface area contributed by atoms with Crippen molar-refractivity contribution in [1.82, 2.24) is 4.57 Å². The zero-order valence-corrected chi connectivity index (χ0v) is 16.8. The number of hydrogen-bond donors (Lipinski definition) is 2. The summed E-state index contributed by atoms with van der Waals surface area (Å²) >= 11 is 0. The van der Waals surface area contributed by atoms with Crippen molar-refractivity contribution in [2.75, 3.05) is 12.4 Å². The highest BCUT2D eigenvalue weighted by Crippen LogP contribution is 2.25. The largest absolute Gasteiger partial charge is 0.496 e. The second kappa shape index (κ2) is 7.65. The number of nitrogens with one attached hydrogen (secondary N) is 1. The van der Waals surface area contributed by atoms with Gasteiger partial charge in [0.2, 0.25) is 10.0 Å². The van der Waals surface area contributed by atoms with Crippen LogP contribution in [0.5, 0.6) is 5.75 Å². The predicted molar refractivity (Wildman–Crippen MR) is 109 cm³/mol. The van der Waals surface area contributed by atoms with Crippen molar-refractivity contribution in [1.29, 1.82) is 0 Å². The molecule has 0 fully saturated rings. The minimum absolute atomic E-state index is 0.0894. The molecule has 28 heavy (non-hydrogen) atoms. The second-order valence-corrected chi connectivity index (χ2v) is 8.56. The van der Waals surface area contributed by atoms with E-state index in [1.54, 1.807) is 0 Å². The highest BCUT2D eigenvalue weighted by molar-refractivity contribution is 7.89. The number of ether oxygens (including phenoxy) is 1. The molecule has 7 nitrogen and oxygen atoms in total. The summed E-state index contributed by atoms with van der Waals surface area (Å²) in [5.74, 6) is 0.297. The molecule has 0 saturated heterocycles. The fourth-order valence-electron chi connectivity index (χ4n) is 3.07. The van der Waals surface area contributed by atoms with E-state index in [0.717, 1.165) is 17.4 Å². The lowest BCUT2D eigenvalue weighted by molar-refractivity contribution is 0.102. The van der Waals surface area contributed by atoms with Crippen molar-refractivity contribution in [3.63, 3.8) is 0 Å². The molecule has 148 valence electrons. The lowest BCUT2D eigenvalue weighted by atomic mass is 10.1. The predicted octanol–water partition coefficient (Wildman–Crippen LogP) is 3.21. The number of benzene rings is 2. The third-order valence-corrected chi connectivity index (χ3v) is 5.25. The van der Waals surface area contributed by atoms with Crippen molar-refractivity contribution in [2.45, 2.75) is 25.3 Å². The number of hydrogen-bond acceptors (Lipinski definition) is 4. The number of nitrogens with zero attached hydrogens (tertiary/aromatic N) is 1. The van der Waals surface area contributed by atoms with E-state index >= 15 is 0 Å². The van der Waals surface area contributed by atoms with Crippen LogP contribution < -0.4 is 15.2 Å². The second-order valence-electron chi connectivity index (χ2n) is 7.00. The number of sulfonamides is 1. The average Bonchev–Trinajstić information content (AvgIpc) is 3.01. The number of aromatic nitrogens is 1. The Kier molecular flexibility index (Phi) is 5.44. The van der Waals surface area contributed by atoms with Crippen LogP contribution in [0.1, 0.15) is 24.2 Å². The molecule has 1 amide bonds. The maximum absolute atomic E-state index is 12.7. The third-order valence-electron chi connectivity index (χ3n) is 4.33. The van der Waals surface area contributed by atoms with Crippen molar-refractivity contribution in [2.24, 2.45) is 11.1 Å². The smallest absolute Gasteiger partial charge is 0.259 e. The molecule has 0 saturated carbocycles. The maximum atomic E-state index is 12.7. The van der Waals surface area contributed by atoms with E-state index < -0.39 is 15.9 Å². The summed E-state index contributed by atoms with van der Waals surface area (Å²) in [7, 11) is -2.52. The van der Waals surface area contributed by atoms with Crippen LogP contribution in [0, 0.1) is 5.92 Å². The van der Waals surface area contributed by atoms with Crippen LogP contribution in [-0.4, -0.2) is 26.0 Å². The Balaban J connectivity index is 1.90. The Morgan fingerprint density at radius 1 is 1.18 bits per heavy atom. The number of anilines is 1. The normalized spacial score (nSPS) is 11.8. The van der Waals surface area contributed by atoms with Crippen molar-refractivity contribution < 1.29 is 17.9 Å². The van der Waals surface area contributed by atoms with Gasteiger partial charge in [-0.2, -0.15) is 0 Å². The van der Waals surface area contributed by atoms with Gasteiger partial charge in [-0.3, -0.25) is 4.79 Å². The molecular formula is C20H23N3O4S. The van der Waals surface area contributed by atoms with E-state index in [0.29, 0.717) is 11.6 Å². The first-order chi connectivity index (χ1) is 13.2. The van der Waals surface area contributed by atoms with E-state index in [-0.39, 0.29) is 16.2 Å². The Bertz CT molecular complexity index is 1130. The highest BCUT2D eigenvalue weighted by Gasteiger charge is 2.18. The zero-order chi connectivity index (χ0) is 20.5. The Morgan fingerprint density at radius 2 is 1.93 bits per heavy atom. The summed E-state index contributed by atoms with van der Waals surface area (Å²) in [6, 6.07) is 11.5. The van der Waals surface area contributed by atoms with Crippen LogP contribution in [0.15, 0.2) is 53.6 Å². The highest BCUT2D eigenvalue weighted by atomic mass is 32.2. The van der Waals surface area contributed by atoms with Crippen molar-refractivity contribution in [3.05, 3.63) is 54.2 Å². The number of carbonyl (C=O) groups excluding carboxylic acids is 1. The minimum Gasteiger partial charge on any atom is -0.496 e. The van der Waals surface area contributed by atoms with Crippen molar-refractivity contribution in [3.8, 4) is 5.75 Å². The van der Waals surface area contributed by atoms with Gasteiger partial charge in [0.25, 0.3) is 5.91 Å². The molecular weight excluding hydrogens is 378 g/mol. The molecule has 0 radical (unpaired) electrons. The molecule has 0 unspecified atom stereocenters. The summed E-state index contributed by atoms with van der Waals surface area (Å²) in [4.78, 5) is 12.6. The van der Waals surface area contributed by atoms with Crippen LogP contribution in [0.3, 0.4) is 0 Å². The quantitative estimate of drug-likeness (QED) is 0.662. The van der Waals surface area contributed by atoms with E-state index in [1.807, 2.05) is 30.5 Å². The lowest BCUT2D eigenvalue weighted by Crippen LogP contribution is -2.16. The summed E-state index contributed by atoms with van der Waals surface area (Å²) in [6.45, 7) is 5.22. The van der Waals surface area contributed by atoms with Gasteiger partial charge >= 0.3 is 0 Å². The van der Waals surface area contributed by atoms with Gasteiger partial charge in [0, 0.05) is 29.3 Å². The van der Waals surface area contributed by atoms with Crippen molar-refractivity contribution >= 4 is 32.5 Å². The zero-order valence-electron chi connectivity index (χ0n) is 16.0. The van der Waals surface area contributed by atoms with E-state index in [2.05, 4.69) is 23.7 Å². The van der Waals surface area contributed by atoms with Gasteiger partial charge in [0.05, 0.1) is 17.6 Å². The van der Waals surface area contributed by atoms with Crippen LogP contribution in [-0.2, 0) is 16.6 Å². The van der Waals surface area contributed by atoms with Crippen LogP contribution in [0.4, 0.5) is 5.69 Å². The summed E-state index contributed by atoms with van der Waals surface area (Å²) < 4.78 is 30.5. The number of nitrogens with two attached hydrogens (primary N) is 1. The van der Waals surface area contributed by atoms with Crippen LogP contribution in [0.2, 0.25) is 0 Å². The molecule has 0 atom stereocenters. The first kappa shape index (κ1) is 19.9. The maximum Gasteiger partial charge on any atom is 0.259 e. The van der Waals surface area contributed by atoms with Gasteiger partial charge in [-0.05, 0) is 48.4 Å². The first-order valence-corrected chi connectivity index (χ1v) is 10.3. The standard InChI is InChI=1S/C20H23N3O4S/c1-13(2)12-23-9-8-14-10-15(4-6-18(14)23)22-20(24)17-11-16(28(21,25)26)5-7-19(17)27-3/h4-11,13H,12H2,1-3H3,(H,22,24)(H2,21,25,26). The van der Waals surface area contributed by atoms with Gasteiger partial charge in [0.15, 0.2) is 0 Å². The fraction of sp³-hybridized carbons (Fsp3) is 0.250. The summed E-state index contributed by atoms with van der Waals surface area (Å²) in [5.41, 5.74) is 1.77. The molecule has 0 spiro atoms. The molecule has 0 bridgehead atoms. The summed E-state index contributed by atoms with van der Waals surface area (Å²) in [5, 5.41) is 8.96. The minimum atomic E-state index is -3.93. The van der Waals surface area contributed by atoms with Gasteiger partial charge in [-0.1, -0.05) is 13.8 Å². The molecule has 3 N–H and O–H groups in total. The molecule has 8 heteroatoms. The third kappa shape index (κ3) is 4.18. The number of rotatable bonds is 6. The average molecular weight is 401 g/mol. The lowest BCUT2D eigenvalue weighted by Gasteiger charge is -2.12. The molecule has 0 aliphatic rings. The van der Waals surface area contributed by atoms with Crippen LogP contribution >= 0.6 is 0 Å². The van der Waals surface area contributed by atoms with Crippen LogP contribution in [0.25, 0.3) is 10.9 Å². The number of primary sulfonamides is 1. The van der Waals surface area contributed by atoms with Gasteiger partial charge in [0.1, 0.15) is 5.75 Å². The van der Waals surface area contributed by atoms with E-state index in [4.69, 9.17) is 9.88 Å². The fourth-order valence-corrected chi connectivity index (χ4v) is 3.61. The molecule has 3 rings (SSSR count). The topological polar surface area (TPSA) is 103 Å². The van der Waals surface area contributed by atoms with Gasteiger partial charge in [-0.15, -0.1) is 0 Å². The number of carbonyl (C=O) groups is 1. The Hall–Kier alpha value is -2.84. The van der Waals surface area contributed by atoms with Gasteiger partial charge in [-0.25, -0.2) is 13.6 Å². The Labute approximate surface area is 164 Å². The monoisotopic (exact) mass is 401 g/mol. The summed E-state index contributed by atoms with van der Waals surface area (Å²) in [6.07, 6.45) is 2.02. The molecule has 2 aromatic carbocycles. The molecule has 0 aliphatic heterocycles. The van der Waals surface area contributed by atoms with Gasteiger partial charge < -0.3 is 14.6 Å². The number of methoxy groups -OCH3 is 1. The number of amides is 1. The number of fused-ring (bicyclic) bond motifs is 1. The molecule has 0 aliphatic carbocycles. The molecule has 1 aromatic heterocycles. The SMILES string of the molecule is COc1ccc(S(N)(=O)=O)cc1C(=O)Nc1ccc2c(ccn2CC(C)C)c1.